The first-order chi connectivity index (χ1) is 12.2. The van der Waals surface area contributed by atoms with Gasteiger partial charge in [0, 0.05) is 70.5 Å². The predicted molar refractivity (Wildman–Crippen MR) is 99.2 cm³/mol. The topological polar surface area (TPSA) is 44.6 Å². The number of rotatable bonds is 3. The number of aryl methyl sites for hydroxylation is 1. The number of piperazine rings is 1. The Morgan fingerprint density at radius 2 is 1.76 bits per heavy atom. The third-order valence-corrected chi connectivity index (χ3v) is 5.25. The lowest BCUT2D eigenvalue weighted by atomic mass is 10.2. The molecule has 2 aliphatic heterocycles. The van der Waals surface area contributed by atoms with Gasteiger partial charge >= 0.3 is 0 Å². The van der Waals surface area contributed by atoms with Crippen LogP contribution in [0.1, 0.15) is 23.3 Å². The van der Waals surface area contributed by atoms with E-state index in [4.69, 9.17) is 0 Å². The SMILES string of the molecule is Cn1cccc1C(=O)N1CCN(c2ccnc(N3CCCC3)c2)CC1. The van der Waals surface area contributed by atoms with Crippen molar-refractivity contribution >= 4 is 17.4 Å². The van der Waals surface area contributed by atoms with Crippen molar-refractivity contribution in [2.24, 2.45) is 7.05 Å². The van der Waals surface area contributed by atoms with Crippen LogP contribution in [0.5, 0.6) is 0 Å². The first-order valence-corrected chi connectivity index (χ1v) is 9.09. The van der Waals surface area contributed by atoms with Gasteiger partial charge in [0.1, 0.15) is 11.5 Å². The van der Waals surface area contributed by atoms with Crippen molar-refractivity contribution in [1.29, 1.82) is 0 Å². The quantitative estimate of drug-likeness (QED) is 0.858. The molecule has 0 saturated carbocycles. The van der Waals surface area contributed by atoms with Gasteiger partial charge in [0.2, 0.25) is 0 Å². The highest BCUT2D eigenvalue weighted by molar-refractivity contribution is 5.93. The molecule has 0 bridgehead atoms. The smallest absolute Gasteiger partial charge is 0.270 e. The molecule has 0 unspecified atom stereocenters. The summed E-state index contributed by atoms with van der Waals surface area (Å²) in [7, 11) is 1.92. The van der Waals surface area contributed by atoms with Crippen LogP contribution < -0.4 is 9.80 Å². The Morgan fingerprint density at radius 1 is 1.00 bits per heavy atom. The molecule has 6 heteroatoms. The Morgan fingerprint density at radius 3 is 2.44 bits per heavy atom. The van der Waals surface area contributed by atoms with E-state index < -0.39 is 0 Å². The Balaban J connectivity index is 1.41. The van der Waals surface area contributed by atoms with E-state index in [-0.39, 0.29) is 5.91 Å². The maximum Gasteiger partial charge on any atom is 0.270 e. The van der Waals surface area contributed by atoms with Crippen molar-refractivity contribution in [3.05, 3.63) is 42.4 Å². The number of carbonyl (C=O) groups excluding carboxylic acids is 1. The number of pyridine rings is 1. The van der Waals surface area contributed by atoms with E-state index in [1.54, 1.807) is 0 Å². The van der Waals surface area contributed by atoms with Crippen molar-refractivity contribution in [2.75, 3.05) is 49.1 Å². The van der Waals surface area contributed by atoms with Crippen LogP contribution in [0, 0.1) is 0 Å². The molecular formula is C19H25N5O. The van der Waals surface area contributed by atoms with Gasteiger partial charge in [-0.2, -0.15) is 0 Å². The highest BCUT2D eigenvalue weighted by atomic mass is 16.2. The summed E-state index contributed by atoms with van der Waals surface area (Å²) in [4.78, 5) is 23.8. The number of hydrogen-bond donors (Lipinski definition) is 0. The second-order valence-corrected chi connectivity index (χ2v) is 6.85. The Labute approximate surface area is 148 Å². The Hall–Kier alpha value is -2.50. The molecule has 2 fully saturated rings. The standard InChI is InChI=1S/C19H25N5O/c1-21-8-4-5-17(21)19(25)24-13-11-22(12-14-24)16-6-7-20-18(15-16)23-9-2-3-10-23/h4-8,15H,2-3,9-14H2,1H3. The van der Waals surface area contributed by atoms with Crippen LogP contribution in [0.4, 0.5) is 11.5 Å². The zero-order valence-corrected chi connectivity index (χ0v) is 14.8. The predicted octanol–water partition coefficient (Wildman–Crippen LogP) is 1.98. The van der Waals surface area contributed by atoms with Gasteiger partial charge < -0.3 is 19.3 Å². The van der Waals surface area contributed by atoms with Gasteiger partial charge in [-0.3, -0.25) is 4.79 Å². The van der Waals surface area contributed by atoms with Gasteiger partial charge in [0.15, 0.2) is 0 Å². The van der Waals surface area contributed by atoms with Crippen LogP contribution in [0.2, 0.25) is 0 Å². The monoisotopic (exact) mass is 339 g/mol. The molecule has 4 rings (SSSR count). The summed E-state index contributed by atoms with van der Waals surface area (Å²) in [6.07, 6.45) is 6.34. The van der Waals surface area contributed by atoms with E-state index in [9.17, 15) is 4.79 Å². The van der Waals surface area contributed by atoms with Crippen LogP contribution in [-0.2, 0) is 7.05 Å². The highest BCUT2D eigenvalue weighted by Crippen LogP contribution is 2.24. The van der Waals surface area contributed by atoms with E-state index in [1.807, 2.05) is 41.0 Å². The zero-order chi connectivity index (χ0) is 17.2. The molecule has 0 radical (unpaired) electrons. The van der Waals surface area contributed by atoms with Crippen molar-refractivity contribution in [1.82, 2.24) is 14.5 Å². The van der Waals surface area contributed by atoms with E-state index in [1.165, 1.54) is 18.5 Å². The fourth-order valence-corrected chi connectivity index (χ4v) is 3.74. The molecule has 0 aliphatic carbocycles. The molecule has 0 aromatic carbocycles. The number of aromatic nitrogens is 2. The second-order valence-electron chi connectivity index (χ2n) is 6.85. The van der Waals surface area contributed by atoms with Gasteiger partial charge in [0.05, 0.1) is 0 Å². The number of amides is 1. The van der Waals surface area contributed by atoms with Crippen LogP contribution in [0.15, 0.2) is 36.7 Å². The third kappa shape index (κ3) is 3.21. The summed E-state index contributed by atoms with van der Waals surface area (Å²) >= 11 is 0. The van der Waals surface area contributed by atoms with Gasteiger partial charge in [0.25, 0.3) is 5.91 Å². The molecule has 2 aromatic heterocycles. The molecular weight excluding hydrogens is 314 g/mol. The lowest BCUT2D eigenvalue weighted by Gasteiger charge is -2.36. The average Bonchev–Trinajstić information content (AvgIpc) is 3.33. The Kier molecular flexibility index (Phi) is 4.34. The molecule has 1 amide bonds. The van der Waals surface area contributed by atoms with Gasteiger partial charge in [-0.15, -0.1) is 0 Å². The fraction of sp³-hybridized carbons (Fsp3) is 0.474. The summed E-state index contributed by atoms with van der Waals surface area (Å²) in [6, 6.07) is 8.08. The summed E-state index contributed by atoms with van der Waals surface area (Å²) in [5.41, 5.74) is 1.97. The van der Waals surface area contributed by atoms with Gasteiger partial charge in [-0.05, 0) is 31.0 Å². The molecule has 0 spiro atoms. The fourth-order valence-electron chi connectivity index (χ4n) is 3.74. The van der Waals surface area contributed by atoms with Crippen molar-refractivity contribution in [2.45, 2.75) is 12.8 Å². The normalized spacial score (nSPS) is 18.0. The lowest BCUT2D eigenvalue weighted by Crippen LogP contribution is -2.49. The van der Waals surface area contributed by atoms with Gasteiger partial charge in [-0.1, -0.05) is 0 Å². The highest BCUT2D eigenvalue weighted by Gasteiger charge is 2.24. The molecule has 2 aromatic rings. The number of anilines is 2. The molecule has 2 saturated heterocycles. The van der Waals surface area contributed by atoms with Crippen LogP contribution in [-0.4, -0.2) is 59.6 Å². The summed E-state index contributed by atoms with van der Waals surface area (Å²) < 4.78 is 1.89. The van der Waals surface area contributed by atoms with Crippen LogP contribution >= 0.6 is 0 Å². The van der Waals surface area contributed by atoms with Crippen LogP contribution in [0.3, 0.4) is 0 Å². The minimum atomic E-state index is 0.125. The maximum atomic E-state index is 12.6. The first kappa shape index (κ1) is 16.0. The van der Waals surface area contributed by atoms with E-state index in [0.29, 0.717) is 0 Å². The molecule has 0 N–H and O–H groups in total. The lowest BCUT2D eigenvalue weighted by molar-refractivity contribution is 0.0737. The molecule has 2 aliphatic rings. The van der Waals surface area contributed by atoms with Gasteiger partial charge in [-0.25, -0.2) is 4.98 Å². The summed E-state index contributed by atoms with van der Waals surface area (Å²) in [6.45, 7) is 5.45. The molecule has 132 valence electrons. The maximum absolute atomic E-state index is 12.6. The number of nitrogens with zero attached hydrogens (tertiary/aromatic N) is 5. The van der Waals surface area contributed by atoms with Crippen molar-refractivity contribution < 1.29 is 4.79 Å². The molecule has 25 heavy (non-hydrogen) atoms. The average molecular weight is 339 g/mol. The van der Waals surface area contributed by atoms with E-state index >= 15 is 0 Å². The molecule has 0 atom stereocenters. The minimum Gasteiger partial charge on any atom is -0.368 e. The first-order valence-electron chi connectivity index (χ1n) is 9.09. The van der Waals surface area contributed by atoms with E-state index in [2.05, 4.69) is 26.9 Å². The van der Waals surface area contributed by atoms with E-state index in [0.717, 1.165) is 50.8 Å². The van der Waals surface area contributed by atoms with Crippen LogP contribution in [0.25, 0.3) is 0 Å². The molecule has 6 nitrogen and oxygen atoms in total. The van der Waals surface area contributed by atoms with Crippen molar-refractivity contribution in [3.63, 3.8) is 0 Å². The summed E-state index contributed by atoms with van der Waals surface area (Å²) in [5.74, 6) is 1.21. The third-order valence-electron chi connectivity index (χ3n) is 5.25. The second kappa shape index (κ2) is 6.78. The zero-order valence-electron chi connectivity index (χ0n) is 14.8. The summed E-state index contributed by atoms with van der Waals surface area (Å²) in [5, 5.41) is 0. The minimum absolute atomic E-state index is 0.125. The van der Waals surface area contributed by atoms with Crippen molar-refractivity contribution in [3.8, 4) is 0 Å². The number of carbonyl (C=O) groups is 1. The largest absolute Gasteiger partial charge is 0.368 e. The number of hydrogen-bond acceptors (Lipinski definition) is 4. The Bertz CT molecular complexity index is 742. The molecule has 4 heterocycles.